The molecule has 0 saturated heterocycles. The quantitative estimate of drug-likeness (QED) is 0.316. The number of nitrogens with one attached hydrogen (secondary N) is 2. The summed E-state index contributed by atoms with van der Waals surface area (Å²) in [6, 6.07) is 22.9. The van der Waals surface area contributed by atoms with Crippen molar-refractivity contribution < 1.29 is 17.6 Å². The molecule has 0 bridgehead atoms. The summed E-state index contributed by atoms with van der Waals surface area (Å²) in [7, 11) is -3.79. The van der Waals surface area contributed by atoms with Crippen molar-refractivity contribution in [3.8, 4) is 11.3 Å². The topological polar surface area (TPSA) is 118 Å². The van der Waals surface area contributed by atoms with E-state index in [1.165, 1.54) is 18.2 Å². The van der Waals surface area contributed by atoms with Crippen LogP contribution in [0.2, 0.25) is 0 Å². The maximum Gasteiger partial charge on any atom is 0.345 e. The highest BCUT2D eigenvalue weighted by atomic mass is 32.2. The van der Waals surface area contributed by atoms with Gasteiger partial charge in [-0.1, -0.05) is 42.5 Å². The van der Waals surface area contributed by atoms with Gasteiger partial charge in [0, 0.05) is 22.0 Å². The minimum Gasteiger partial charge on any atom is -0.422 e. The first kappa shape index (κ1) is 22.5. The Morgan fingerprint density at radius 1 is 0.914 bits per heavy atom. The molecule has 3 aromatic carbocycles. The number of para-hydroxylation sites is 1. The molecule has 0 atom stereocenters. The molecule has 35 heavy (non-hydrogen) atoms. The lowest BCUT2D eigenvalue weighted by Gasteiger charge is -2.09. The van der Waals surface area contributed by atoms with Crippen molar-refractivity contribution in [3.05, 3.63) is 106 Å². The third-order valence-corrected chi connectivity index (χ3v) is 7.23. The van der Waals surface area contributed by atoms with E-state index in [0.29, 0.717) is 11.3 Å². The standard InChI is InChI=1S/C25H17N3O5S2/c29-23(17-8-6-9-18(13-17)28-35(31,32)19-10-2-1-3-11-19)27-25-26-21(15-34-25)20-14-16-7-4-5-12-22(16)33-24(20)30/h1-15,28H,(H,26,27,29). The van der Waals surface area contributed by atoms with Crippen LogP contribution in [0.5, 0.6) is 0 Å². The fraction of sp³-hybridized carbons (Fsp3) is 0. The molecule has 5 rings (SSSR count). The van der Waals surface area contributed by atoms with Gasteiger partial charge in [-0.15, -0.1) is 11.3 Å². The molecule has 0 unspecified atom stereocenters. The third kappa shape index (κ3) is 4.84. The first-order valence-electron chi connectivity index (χ1n) is 10.4. The molecule has 1 amide bonds. The molecule has 8 nitrogen and oxygen atoms in total. The molecule has 0 aliphatic rings. The van der Waals surface area contributed by atoms with Gasteiger partial charge in [-0.25, -0.2) is 18.2 Å². The summed E-state index contributed by atoms with van der Waals surface area (Å²) in [6.07, 6.45) is 0. The Morgan fingerprint density at radius 2 is 1.69 bits per heavy atom. The summed E-state index contributed by atoms with van der Waals surface area (Å²) in [5, 5.41) is 5.38. The van der Waals surface area contributed by atoms with E-state index in [0.717, 1.165) is 16.7 Å². The number of hydrogen-bond acceptors (Lipinski definition) is 7. The monoisotopic (exact) mass is 503 g/mol. The van der Waals surface area contributed by atoms with Crippen molar-refractivity contribution >= 4 is 49.1 Å². The SMILES string of the molecule is O=C(Nc1nc(-c2cc3ccccc3oc2=O)cs1)c1cccc(NS(=O)(=O)c2ccccc2)c1. The molecular formula is C25H17N3O5S2. The number of carbonyl (C=O) groups excluding carboxylic acids is 1. The lowest BCUT2D eigenvalue weighted by atomic mass is 10.1. The number of benzene rings is 3. The van der Waals surface area contributed by atoms with Gasteiger partial charge in [-0.05, 0) is 42.5 Å². The molecule has 2 heterocycles. The average Bonchev–Trinajstić information content (AvgIpc) is 3.32. The minimum absolute atomic E-state index is 0.114. The molecule has 5 aromatic rings. The normalized spacial score (nSPS) is 11.3. The number of rotatable bonds is 6. The number of anilines is 2. The van der Waals surface area contributed by atoms with Crippen molar-refractivity contribution in [1.82, 2.24) is 4.98 Å². The van der Waals surface area contributed by atoms with Crippen LogP contribution >= 0.6 is 11.3 Å². The van der Waals surface area contributed by atoms with E-state index in [9.17, 15) is 18.0 Å². The predicted octanol–water partition coefficient (Wildman–Crippen LogP) is 4.97. The van der Waals surface area contributed by atoms with Crippen molar-refractivity contribution in [3.63, 3.8) is 0 Å². The second kappa shape index (κ2) is 9.16. The summed E-state index contributed by atoms with van der Waals surface area (Å²) < 4.78 is 33.0. The van der Waals surface area contributed by atoms with Crippen LogP contribution in [0.4, 0.5) is 10.8 Å². The van der Waals surface area contributed by atoms with Crippen molar-refractivity contribution in [2.75, 3.05) is 10.0 Å². The molecular weight excluding hydrogens is 486 g/mol. The summed E-state index contributed by atoms with van der Waals surface area (Å²) in [4.78, 5) is 29.6. The number of amides is 1. The van der Waals surface area contributed by atoms with Gasteiger partial charge in [0.1, 0.15) is 5.58 Å². The summed E-state index contributed by atoms with van der Waals surface area (Å²) >= 11 is 1.16. The Balaban J connectivity index is 1.34. The van der Waals surface area contributed by atoms with Gasteiger partial charge in [0.15, 0.2) is 5.13 Å². The average molecular weight is 504 g/mol. The van der Waals surface area contributed by atoms with E-state index in [4.69, 9.17) is 4.42 Å². The summed E-state index contributed by atoms with van der Waals surface area (Å²) in [5.74, 6) is -0.475. The molecule has 0 radical (unpaired) electrons. The number of carbonyl (C=O) groups is 1. The molecule has 10 heteroatoms. The molecule has 0 fully saturated rings. The third-order valence-electron chi connectivity index (χ3n) is 5.07. The highest BCUT2D eigenvalue weighted by molar-refractivity contribution is 7.92. The maximum atomic E-state index is 12.8. The smallest absolute Gasteiger partial charge is 0.345 e. The van der Waals surface area contributed by atoms with Gasteiger partial charge in [-0.3, -0.25) is 14.8 Å². The zero-order valence-electron chi connectivity index (χ0n) is 18.0. The number of nitrogens with zero attached hydrogens (tertiary/aromatic N) is 1. The Labute approximate surface area is 203 Å². The molecule has 0 aliphatic carbocycles. The fourth-order valence-electron chi connectivity index (χ4n) is 3.40. The van der Waals surface area contributed by atoms with Crippen LogP contribution in [0.25, 0.3) is 22.2 Å². The van der Waals surface area contributed by atoms with Crippen LogP contribution in [-0.2, 0) is 10.0 Å². The Bertz CT molecular complexity index is 1710. The van der Waals surface area contributed by atoms with E-state index in [-0.39, 0.29) is 26.8 Å². The van der Waals surface area contributed by atoms with Gasteiger partial charge < -0.3 is 4.42 Å². The largest absolute Gasteiger partial charge is 0.422 e. The summed E-state index contributed by atoms with van der Waals surface area (Å²) in [5.41, 5.74) is 1.11. The number of aromatic nitrogens is 1. The zero-order valence-corrected chi connectivity index (χ0v) is 19.6. The van der Waals surface area contributed by atoms with Gasteiger partial charge in [0.05, 0.1) is 16.2 Å². The van der Waals surface area contributed by atoms with Crippen LogP contribution < -0.4 is 15.7 Å². The highest BCUT2D eigenvalue weighted by Crippen LogP contribution is 2.26. The number of hydrogen-bond donors (Lipinski definition) is 2. The molecule has 0 spiro atoms. The molecule has 0 aliphatic heterocycles. The van der Waals surface area contributed by atoms with Gasteiger partial charge >= 0.3 is 5.63 Å². The fourth-order valence-corrected chi connectivity index (χ4v) is 5.18. The van der Waals surface area contributed by atoms with Crippen LogP contribution in [-0.4, -0.2) is 19.3 Å². The maximum absolute atomic E-state index is 12.8. The summed E-state index contributed by atoms with van der Waals surface area (Å²) in [6.45, 7) is 0. The second-order valence-corrected chi connectivity index (χ2v) is 10.0. The molecule has 0 saturated carbocycles. The lowest BCUT2D eigenvalue weighted by molar-refractivity contribution is 0.102. The molecule has 2 aromatic heterocycles. The van der Waals surface area contributed by atoms with Crippen LogP contribution in [0, 0.1) is 0 Å². The van der Waals surface area contributed by atoms with Crippen molar-refractivity contribution in [1.29, 1.82) is 0 Å². The van der Waals surface area contributed by atoms with E-state index in [1.54, 1.807) is 60.0 Å². The zero-order chi connectivity index (χ0) is 24.4. The van der Waals surface area contributed by atoms with Crippen molar-refractivity contribution in [2.24, 2.45) is 0 Å². The van der Waals surface area contributed by atoms with E-state index >= 15 is 0 Å². The van der Waals surface area contributed by atoms with Crippen LogP contribution in [0.3, 0.4) is 0 Å². The number of sulfonamides is 1. The number of fused-ring (bicyclic) bond motifs is 1. The highest BCUT2D eigenvalue weighted by Gasteiger charge is 2.16. The Kier molecular flexibility index (Phi) is 5.89. The predicted molar refractivity (Wildman–Crippen MR) is 135 cm³/mol. The van der Waals surface area contributed by atoms with E-state index in [2.05, 4.69) is 15.0 Å². The van der Waals surface area contributed by atoms with Crippen LogP contribution in [0.15, 0.2) is 104 Å². The Hall–Kier alpha value is -4.28. The van der Waals surface area contributed by atoms with Gasteiger partial charge in [-0.2, -0.15) is 0 Å². The molecule has 2 N–H and O–H groups in total. The first-order chi connectivity index (χ1) is 16.9. The van der Waals surface area contributed by atoms with Gasteiger partial charge in [0.25, 0.3) is 15.9 Å². The van der Waals surface area contributed by atoms with Crippen molar-refractivity contribution in [2.45, 2.75) is 4.90 Å². The van der Waals surface area contributed by atoms with E-state index < -0.39 is 21.6 Å². The lowest BCUT2D eigenvalue weighted by Crippen LogP contribution is -2.15. The second-order valence-electron chi connectivity index (χ2n) is 7.48. The first-order valence-corrected chi connectivity index (χ1v) is 12.7. The molecule has 174 valence electrons. The van der Waals surface area contributed by atoms with Gasteiger partial charge in [0.2, 0.25) is 0 Å². The minimum atomic E-state index is -3.79. The van der Waals surface area contributed by atoms with E-state index in [1.807, 2.05) is 12.1 Å². The number of thiazole rings is 1. The van der Waals surface area contributed by atoms with Crippen LogP contribution in [0.1, 0.15) is 10.4 Å². The Morgan fingerprint density at radius 3 is 2.51 bits per heavy atom.